The van der Waals surface area contributed by atoms with E-state index in [1.807, 2.05) is 0 Å². The molecule has 0 aromatic carbocycles. The van der Waals surface area contributed by atoms with Crippen molar-refractivity contribution >= 4 is 11.9 Å². The topological polar surface area (TPSA) is 88.3 Å². The number of aryl methyl sites for hydroxylation is 1. The van der Waals surface area contributed by atoms with Crippen molar-refractivity contribution in [2.75, 3.05) is 7.05 Å². The van der Waals surface area contributed by atoms with Gasteiger partial charge in [0.15, 0.2) is 5.82 Å². The first kappa shape index (κ1) is 14.0. The average molecular weight is 292 g/mol. The smallest absolute Gasteiger partial charge is 0.306 e. The Bertz CT molecular complexity index is 569. The van der Waals surface area contributed by atoms with Crippen LogP contribution in [0.15, 0.2) is 0 Å². The van der Waals surface area contributed by atoms with Gasteiger partial charge in [-0.1, -0.05) is 0 Å². The van der Waals surface area contributed by atoms with Gasteiger partial charge in [0.05, 0.1) is 12.5 Å². The minimum Gasteiger partial charge on any atom is -0.481 e. The van der Waals surface area contributed by atoms with E-state index in [0.717, 1.165) is 31.0 Å². The van der Waals surface area contributed by atoms with Crippen molar-refractivity contribution in [2.45, 2.75) is 45.2 Å². The summed E-state index contributed by atoms with van der Waals surface area (Å²) in [5.74, 6) is 0.517. The monoisotopic (exact) mass is 292 g/mol. The Hall–Kier alpha value is -1.92. The van der Waals surface area contributed by atoms with Crippen molar-refractivity contribution in [3.05, 3.63) is 11.6 Å². The molecular weight excluding hydrogens is 272 g/mol. The van der Waals surface area contributed by atoms with Crippen LogP contribution < -0.4 is 0 Å². The van der Waals surface area contributed by atoms with Gasteiger partial charge in [0.25, 0.3) is 0 Å². The third-order valence-corrected chi connectivity index (χ3v) is 4.57. The molecule has 1 N–H and O–H groups in total. The largest absolute Gasteiger partial charge is 0.481 e. The van der Waals surface area contributed by atoms with E-state index in [1.165, 1.54) is 0 Å². The summed E-state index contributed by atoms with van der Waals surface area (Å²) in [6.07, 6.45) is 3.75. The molecule has 1 aromatic rings. The molecule has 2 aliphatic rings. The molecule has 0 spiro atoms. The van der Waals surface area contributed by atoms with Crippen molar-refractivity contribution < 1.29 is 14.7 Å². The fraction of sp³-hybridized carbons (Fsp3) is 0.714. The number of hydrogen-bond acceptors (Lipinski definition) is 4. The van der Waals surface area contributed by atoms with E-state index in [0.29, 0.717) is 25.8 Å². The number of carboxylic acid groups (broad SMARTS) is 1. The third-order valence-electron chi connectivity index (χ3n) is 4.57. The number of aromatic nitrogens is 3. The maximum Gasteiger partial charge on any atom is 0.306 e. The van der Waals surface area contributed by atoms with Crippen molar-refractivity contribution in [2.24, 2.45) is 11.8 Å². The van der Waals surface area contributed by atoms with E-state index in [4.69, 9.17) is 5.11 Å². The highest BCUT2D eigenvalue weighted by atomic mass is 16.4. The zero-order valence-electron chi connectivity index (χ0n) is 12.2. The molecule has 0 radical (unpaired) electrons. The number of carboxylic acids is 1. The molecule has 1 aromatic heterocycles. The van der Waals surface area contributed by atoms with Crippen molar-refractivity contribution in [1.29, 1.82) is 0 Å². The molecule has 2 unspecified atom stereocenters. The Kier molecular flexibility index (Phi) is 3.65. The highest BCUT2D eigenvalue weighted by Gasteiger charge is 2.35. The number of rotatable bonds is 4. The molecule has 1 amide bonds. The Morgan fingerprint density at radius 2 is 2.10 bits per heavy atom. The Balaban J connectivity index is 1.61. The van der Waals surface area contributed by atoms with Crippen molar-refractivity contribution in [1.82, 2.24) is 19.7 Å². The van der Waals surface area contributed by atoms with Crippen LogP contribution in [0.4, 0.5) is 0 Å². The van der Waals surface area contributed by atoms with Gasteiger partial charge >= 0.3 is 5.97 Å². The Morgan fingerprint density at radius 3 is 2.81 bits per heavy atom. The van der Waals surface area contributed by atoms with Crippen LogP contribution in [0, 0.1) is 11.8 Å². The minimum atomic E-state index is -0.789. The molecule has 2 heterocycles. The van der Waals surface area contributed by atoms with Crippen LogP contribution >= 0.6 is 0 Å². The lowest BCUT2D eigenvalue weighted by atomic mass is 10.0. The van der Waals surface area contributed by atoms with E-state index < -0.39 is 5.97 Å². The molecule has 1 saturated carbocycles. The van der Waals surface area contributed by atoms with Gasteiger partial charge < -0.3 is 14.6 Å². The first-order valence-corrected chi connectivity index (χ1v) is 7.45. The lowest BCUT2D eigenvalue weighted by molar-refractivity contribution is -0.141. The number of amides is 1. The van der Waals surface area contributed by atoms with Crippen LogP contribution in [0.5, 0.6) is 0 Å². The molecule has 0 saturated heterocycles. The molecule has 3 rings (SSSR count). The fourth-order valence-corrected chi connectivity index (χ4v) is 3.36. The SMILES string of the molecule is CN(Cc1nnc2n1CCC2)C(=O)C1CCC(C(=O)O)C1. The molecule has 0 bridgehead atoms. The number of hydrogen-bond donors (Lipinski definition) is 1. The summed E-state index contributed by atoms with van der Waals surface area (Å²) in [6.45, 7) is 1.37. The molecule has 1 fully saturated rings. The summed E-state index contributed by atoms with van der Waals surface area (Å²) in [6, 6.07) is 0. The van der Waals surface area contributed by atoms with E-state index >= 15 is 0 Å². The first-order valence-electron chi connectivity index (χ1n) is 7.45. The molecule has 7 nitrogen and oxygen atoms in total. The number of carbonyl (C=O) groups is 2. The summed E-state index contributed by atoms with van der Waals surface area (Å²) >= 11 is 0. The zero-order chi connectivity index (χ0) is 15.0. The van der Waals surface area contributed by atoms with Crippen molar-refractivity contribution in [3.63, 3.8) is 0 Å². The van der Waals surface area contributed by atoms with Gasteiger partial charge in [0.2, 0.25) is 5.91 Å². The maximum atomic E-state index is 12.4. The lowest BCUT2D eigenvalue weighted by Crippen LogP contribution is -2.32. The quantitative estimate of drug-likeness (QED) is 0.881. The van der Waals surface area contributed by atoms with Crippen LogP contribution in [-0.2, 0) is 29.1 Å². The number of aliphatic carboxylic acids is 1. The van der Waals surface area contributed by atoms with Gasteiger partial charge in [0, 0.05) is 25.9 Å². The van der Waals surface area contributed by atoms with Gasteiger partial charge in [0.1, 0.15) is 5.82 Å². The Labute approximate surface area is 123 Å². The minimum absolute atomic E-state index is 0.0223. The summed E-state index contributed by atoms with van der Waals surface area (Å²) in [5, 5.41) is 17.3. The van der Waals surface area contributed by atoms with Crippen LogP contribution in [0.25, 0.3) is 0 Å². The average Bonchev–Trinajstić information content (AvgIpc) is 3.15. The van der Waals surface area contributed by atoms with E-state index in [1.54, 1.807) is 11.9 Å². The molecular formula is C14H20N4O3. The highest BCUT2D eigenvalue weighted by molar-refractivity contribution is 5.80. The highest BCUT2D eigenvalue weighted by Crippen LogP contribution is 2.32. The van der Waals surface area contributed by atoms with Crippen LogP contribution in [0.2, 0.25) is 0 Å². The predicted molar refractivity (Wildman–Crippen MR) is 73.3 cm³/mol. The molecule has 1 aliphatic carbocycles. The van der Waals surface area contributed by atoms with Crippen LogP contribution in [0.1, 0.15) is 37.3 Å². The van der Waals surface area contributed by atoms with Gasteiger partial charge in [-0.3, -0.25) is 9.59 Å². The second-order valence-corrected chi connectivity index (χ2v) is 6.03. The number of carbonyl (C=O) groups excluding carboxylic acids is 1. The Morgan fingerprint density at radius 1 is 1.33 bits per heavy atom. The summed E-state index contributed by atoms with van der Waals surface area (Å²) < 4.78 is 2.08. The van der Waals surface area contributed by atoms with E-state index in [9.17, 15) is 9.59 Å². The molecule has 7 heteroatoms. The normalized spacial score (nSPS) is 24.0. The van der Waals surface area contributed by atoms with Gasteiger partial charge in [-0.15, -0.1) is 10.2 Å². The summed E-state index contributed by atoms with van der Waals surface area (Å²) in [7, 11) is 1.76. The molecule has 21 heavy (non-hydrogen) atoms. The number of nitrogens with zero attached hydrogens (tertiary/aromatic N) is 4. The first-order chi connectivity index (χ1) is 10.1. The maximum absolute atomic E-state index is 12.4. The standard InChI is InChI=1S/C14H20N4O3/c1-17(8-12-16-15-11-3-2-6-18(11)12)13(19)9-4-5-10(7-9)14(20)21/h9-10H,2-8H2,1H3,(H,20,21). The predicted octanol–water partition coefficient (Wildman–Crippen LogP) is 0.684. The fourth-order valence-electron chi connectivity index (χ4n) is 3.36. The summed E-state index contributed by atoms with van der Waals surface area (Å²) in [4.78, 5) is 25.0. The van der Waals surface area contributed by atoms with Crippen LogP contribution in [0.3, 0.4) is 0 Å². The third kappa shape index (κ3) is 2.64. The van der Waals surface area contributed by atoms with E-state index in [2.05, 4.69) is 14.8 Å². The zero-order valence-corrected chi connectivity index (χ0v) is 12.2. The lowest BCUT2D eigenvalue weighted by Gasteiger charge is -2.20. The van der Waals surface area contributed by atoms with Crippen LogP contribution in [-0.4, -0.2) is 43.7 Å². The second-order valence-electron chi connectivity index (χ2n) is 6.03. The van der Waals surface area contributed by atoms with E-state index in [-0.39, 0.29) is 17.7 Å². The molecule has 2 atom stereocenters. The van der Waals surface area contributed by atoms with Gasteiger partial charge in [-0.05, 0) is 25.7 Å². The summed E-state index contributed by atoms with van der Waals surface area (Å²) in [5.41, 5.74) is 0. The second kappa shape index (κ2) is 5.46. The van der Waals surface area contributed by atoms with Gasteiger partial charge in [-0.25, -0.2) is 0 Å². The number of fused-ring (bicyclic) bond motifs is 1. The molecule has 1 aliphatic heterocycles. The molecule has 114 valence electrons. The van der Waals surface area contributed by atoms with Crippen molar-refractivity contribution in [3.8, 4) is 0 Å². The van der Waals surface area contributed by atoms with Gasteiger partial charge in [-0.2, -0.15) is 0 Å².